The van der Waals surface area contributed by atoms with Gasteiger partial charge in [-0.2, -0.15) is 0 Å². The molecule has 0 unspecified atom stereocenters. The van der Waals surface area contributed by atoms with Crippen molar-refractivity contribution in [3.63, 3.8) is 0 Å². The Labute approximate surface area is 188 Å². The molecule has 2 aromatic heterocycles. The van der Waals surface area contributed by atoms with E-state index in [4.69, 9.17) is 4.42 Å². The highest BCUT2D eigenvalue weighted by Gasteiger charge is 2.48. The number of carbonyl (C=O) groups is 2. The first kappa shape index (κ1) is 20.9. The number of furan rings is 1. The van der Waals surface area contributed by atoms with Crippen molar-refractivity contribution >= 4 is 22.9 Å². The molecule has 4 atom stereocenters. The number of benzene rings is 1. The van der Waals surface area contributed by atoms with Crippen LogP contribution >= 0.6 is 0 Å². The standard InChI is InChI=1S/C26H31N3O3/c1-17-8-7-11-20(18(17)2)27-25(31)26(3)16-28-21-12-13-32-23(21)14-22(28)24(30)29(26)15-19-9-5-4-6-10-19/h4-6,9-10,12-14,17-18,20H,7-8,11,15-16H2,1-3H3,(H,27,31)/t17-,18-,20+,26-/m1/s1. The van der Waals surface area contributed by atoms with Gasteiger partial charge in [-0.3, -0.25) is 9.59 Å². The molecule has 0 radical (unpaired) electrons. The maximum atomic E-state index is 13.9. The van der Waals surface area contributed by atoms with Gasteiger partial charge in [-0.05, 0) is 30.7 Å². The Kier molecular flexibility index (Phi) is 5.11. The zero-order valence-corrected chi connectivity index (χ0v) is 19.0. The maximum Gasteiger partial charge on any atom is 0.271 e. The molecule has 1 N–H and O–H groups in total. The molecule has 3 heterocycles. The van der Waals surface area contributed by atoms with Gasteiger partial charge in [0.1, 0.15) is 11.2 Å². The first-order valence-corrected chi connectivity index (χ1v) is 11.6. The minimum atomic E-state index is -1.01. The van der Waals surface area contributed by atoms with Gasteiger partial charge in [-0.25, -0.2) is 0 Å². The van der Waals surface area contributed by atoms with E-state index in [0.29, 0.717) is 36.2 Å². The summed E-state index contributed by atoms with van der Waals surface area (Å²) in [6, 6.07) is 13.7. The van der Waals surface area contributed by atoms with Gasteiger partial charge in [0.25, 0.3) is 5.91 Å². The minimum Gasteiger partial charge on any atom is -0.463 e. The zero-order chi connectivity index (χ0) is 22.5. The molecule has 6 nitrogen and oxygen atoms in total. The first-order valence-electron chi connectivity index (χ1n) is 11.6. The molecule has 3 aromatic rings. The third kappa shape index (κ3) is 3.33. The van der Waals surface area contributed by atoms with E-state index in [2.05, 4.69) is 19.2 Å². The fourth-order valence-electron chi connectivity index (χ4n) is 5.40. The molecular formula is C26H31N3O3. The van der Waals surface area contributed by atoms with E-state index in [-0.39, 0.29) is 17.9 Å². The Bertz CT molecular complexity index is 1150. The van der Waals surface area contributed by atoms with Crippen molar-refractivity contribution in [2.45, 2.75) is 64.7 Å². The quantitative estimate of drug-likeness (QED) is 0.654. The topological polar surface area (TPSA) is 67.5 Å². The van der Waals surface area contributed by atoms with Gasteiger partial charge in [-0.1, -0.05) is 57.0 Å². The van der Waals surface area contributed by atoms with Crippen LogP contribution in [-0.4, -0.2) is 32.9 Å². The molecule has 1 fully saturated rings. The largest absolute Gasteiger partial charge is 0.463 e. The lowest BCUT2D eigenvalue weighted by atomic mass is 9.77. The Morgan fingerprint density at radius 3 is 2.75 bits per heavy atom. The SMILES string of the molecule is C[C@@H]1[C@H](C)CCC[C@@H]1NC(=O)[C@@]1(C)Cn2c(cc3occc32)C(=O)N1Cc1ccccc1. The van der Waals surface area contributed by atoms with Gasteiger partial charge in [0.05, 0.1) is 18.3 Å². The van der Waals surface area contributed by atoms with Crippen LogP contribution in [0.15, 0.2) is 53.1 Å². The van der Waals surface area contributed by atoms with E-state index in [1.807, 2.05) is 47.9 Å². The van der Waals surface area contributed by atoms with E-state index in [9.17, 15) is 9.59 Å². The molecule has 168 valence electrons. The number of nitrogens with zero attached hydrogens (tertiary/aromatic N) is 2. The summed E-state index contributed by atoms with van der Waals surface area (Å²) in [6.45, 7) is 7.16. The van der Waals surface area contributed by atoms with Gasteiger partial charge in [0.15, 0.2) is 5.58 Å². The van der Waals surface area contributed by atoms with Gasteiger partial charge >= 0.3 is 0 Å². The maximum absolute atomic E-state index is 13.9. The number of rotatable bonds is 4. The summed E-state index contributed by atoms with van der Waals surface area (Å²) in [5, 5.41) is 3.34. The van der Waals surface area contributed by atoms with E-state index in [1.165, 1.54) is 6.42 Å². The van der Waals surface area contributed by atoms with E-state index < -0.39 is 5.54 Å². The van der Waals surface area contributed by atoms with Crippen LogP contribution in [0.4, 0.5) is 0 Å². The van der Waals surface area contributed by atoms with Crippen LogP contribution in [0.5, 0.6) is 0 Å². The van der Waals surface area contributed by atoms with Crippen LogP contribution in [0.1, 0.15) is 56.1 Å². The van der Waals surface area contributed by atoms with E-state index >= 15 is 0 Å². The summed E-state index contributed by atoms with van der Waals surface area (Å²) < 4.78 is 7.50. The van der Waals surface area contributed by atoms with Gasteiger partial charge in [0.2, 0.25) is 5.91 Å². The summed E-state index contributed by atoms with van der Waals surface area (Å²) in [7, 11) is 0. The molecule has 0 saturated heterocycles. The second kappa shape index (κ2) is 7.84. The van der Waals surface area contributed by atoms with Crippen LogP contribution < -0.4 is 5.32 Å². The number of amides is 2. The monoisotopic (exact) mass is 433 g/mol. The van der Waals surface area contributed by atoms with Crippen molar-refractivity contribution < 1.29 is 14.0 Å². The van der Waals surface area contributed by atoms with Gasteiger partial charge < -0.3 is 19.2 Å². The summed E-state index contributed by atoms with van der Waals surface area (Å²) in [4.78, 5) is 29.3. The molecule has 5 rings (SSSR count). The number of hydrogen-bond acceptors (Lipinski definition) is 3. The lowest BCUT2D eigenvalue weighted by Gasteiger charge is -2.45. The first-order chi connectivity index (χ1) is 15.4. The van der Waals surface area contributed by atoms with E-state index in [1.54, 1.807) is 17.2 Å². The molecule has 0 spiro atoms. The third-order valence-electron chi connectivity index (χ3n) is 7.74. The van der Waals surface area contributed by atoms with Crippen molar-refractivity contribution in [2.24, 2.45) is 11.8 Å². The second-order valence-corrected chi connectivity index (χ2v) is 9.78. The summed E-state index contributed by atoms with van der Waals surface area (Å²) in [5.41, 5.74) is 2.09. The second-order valence-electron chi connectivity index (χ2n) is 9.78. The highest BCUT2D eigenvalue weighted by Crippen LogP contribution is 2.35. The molecule has 1 aromatic carbocycles. The number of carbonyl (C=O) groups excluding carboxylic acids is 2. The Balaban J connectivity index is 1.52. The highest BCUT2D eigenvalue weighted by atomic mass is 16.3. The van der Waals surface area contributed by atoms with Crippen LogP contribution in [-0.2, 0) is 17.9 Å². The number of fused-ring (bicyclic) bond motifs is 3. The number of hydrogen-bond donors (Lipinski definition) is 1. The Hall–Kier alpha value is -3.02. The normalized spacial score (nSPS) is 28.0. The lowest BCUT2D eigenvalue weighted by molar-refractivity contribution is -0.134. The fraction of sp³-hybridized carbons (Fsp3) is 0.462. The minimum absolute atomic E-state index is 0.0799. The third-order valence-corrected chi connectivity index (χ3v) is 7.74. The molecule has 1 aliphatic carbocycles. The lowest BCUT2D eigenvalue weighted by Crippen LogP contribution is -2.65. The summed E-state index contributed by atoms with van der Waals surface area (Å²) >= 11 is 0. The van der Waals surface area contributed by atoms with E-state index in [0.717, 1.165) is 23.9 Å². The molecule has 1 saturated carbocycles. The highest BCUT2D eigenvalue weighted by molar-refractivity contribution is 6.02. The van der Waals surface area contributed by atoms with Crippen molar-refractivity contribution in [3.05, 3.63) is 60.0 Å². The molecule has 32 heavy (non-hydrogen) atoms. The fourth-order valence-corrected chi connectivity index (χ4v) is 5.40. The number of aromatic nitrogens is 1. The molecule has 2 aliphatic rings. The van der Waals surface area contributed by atoms with Crippen LogP contribution in [0.3, 0.4) is 0 Å². The predicted molar refractivity (Wildman–Crippen MR) is 123 cm³/mol. The van der Waals surface area contributed by atoms with Crippen LogP contribution in [0.25, 0.3) is 11.1 Å². The predicted octanol–water partition coefficient (Wildman–Crippen LogP) is 4.59. The van der Waals surface area contributed by atoms with Gasteiger partial charge in [-0.15, -0.1) is 0 Å². The molecule has 0 bridgehead atoms. The van der Waals surface area contributed by atoms with Crippen molar-refractivity contribution in [2.75, 3.05) is 0 Å². The molecule has 6 heteroatoms. The molecular weight excluding hydrogens is 402 g/mol. The summed E-state index contributed by atoms with van der Waals surface area (Å²) in [6.07, 6.45) is 4.94. The van der Waals surface area contributed by atoms with Crippen molar-refractivity contribution in [3.8, 4) is 0 Å². The Morgan fingerprint density at radius 2 is 1.97 bits per heavy atom. The van der Waals surface area contributed by atoms with Crippen LogP contribution in [0.2, 0.25) is 0 Å². The summed E-state index contributed by atoms with van der Waals surface area (Å²) in [5.74, 6) is 0.774. The average molecular weight is 434 g/mol. The molecule has 1 aliphatic heterocycles. The average Bonchev–Trinajstić information content (AvgIpc) is 3.37. The smallest absolute Gasteiger partial charge is 0.271 e. The van der Waals surface area contributed by atoms with Crippen molar-refractivity contribution in [1.29, 1.82) is 0 Å². The van der Waals surface area contributed by atoms with Crippen molar-refractivity contribution in [1.82, 2.24) is 14.8 Å². The number of nitrogens with one attached hydrogen (secondary N) is 1. The zero-order valence-electron chi connectivity index (χ0n) is 19.0. The van der Waals surface area contributed by atoms with Crippen LogP contribution in [0, 0.1) is 11.8 Å². The molecule has 2 amide bonds. The van der Waals surface area contributed by atoms with Gasteiger partial charge in [0, 0.05) is 24.7 Å². The Morgan fingerprint density at radius 1 is 1.19 bits per heavy atom.